The molecule has 3 rings (SSSR count). The molecule has 150 valence electrons. The van der Waals surface area contributed by atoms with E-state index >= 15 is 0 Å². The molecule has 0 saturated heterocycles. The Balaban J connectivity index is 0.000000500. The number of unbranched alkanes of at least 4 members (excludes halogenated alkanes) is 1. The Morgan fingerprint density at radius 1 is 0.964 bits per heavy atom. The fourth-order valence-electron chi connectivity index (χ4n) is 3.05. The van der Waals surface area contributed by atoms with Gasteiger partial charge in [0.25, 0.3) is 5.82 Å². The molecule has 0 aliphatic carbocycles. The summed E-state index contributed by atoms with van der Waals surface area (Å²) in [5, 5.41) is 0.796. The number of hydrogen-bond donors (Lipinski definition) is 0. The van der Waals surface area contributed by atoms with Crippen LogP contribution in [-0.4, -0.2) is 4.57 Å². The van der Waals surface area contributed by atoms with Gasteiger partial charge in [0.05, 0.1) is 6.54 Å². The maximum Gasteiger partial charge on any atom is 0.345 e. The second kappa shape index (κ2) is 9.77. The van der Waals surface area contributed by atoms with Crippen molar-refractivity contribution in [3.05, 3.63) is 76.3 Å². The maximum atomic E-state index is 12.8. The lowest BCUT2D eigenvalue weighted by atomic mass is 10.2. The van der Waals surface area contributed by atoms with Gasteiger partial charge in [-0.25, -0.2) is 28.0 Å². The Labute approximate surface area is 165 Å². The van der Waals surface area contributed by atoms with Crippen molar-refractivity contribution in [2.75, 3.05) is 0 Å². The van der Waals surface area contributed by atoms with Crippen LogP contribution in [0, 0.1) is 17.2 Å². The van der Waals surface area contributed by atoms with Gasteiger partial charge < -0.3 is 0 Å². The van der Waals surface area contributed by atoms with E-state index in [1.807, 2.05) is 41.8 Å². The lowest BCUT2D eigenvalue weighted by Gasteiger charge is -2.17. The summed E-state index contributed by atoms with van der Waals surface area (Å²) in [4.78, 5) is 12.8. The van der Waals surface area contributed by atoms with E-state index in [0.29, 0.717) is 0 Å². The zero-order valence-electron chi connectivity index (χ0n) is 15.8. The number of para-hydroxylation sites is 1. The van der Waals surface area contributed by atoms with Crippen LogP contribution in [0.15, 0.2) is 59.4 Å². The van der Waals surface area contributed by atoms with Gasteiger partial charge in [-0.3, -0.25) is 0 Å². The largest absolute Gasteiger partial charge is 0.345 e. The summed E-state index contributed by atoms with van der Waals surface area (Å²) >= 11 is 0. The first-order valence-corrected chi connectivity index (χ1v) is 10.1. The molecule has 28 heavy (non-hydrogen) atoms. The van der Waals surface area contributed by atoms with Crippen molar-refractivity contribution >= 4 is 10.9 Å². The quantitative estimate of drug-likeness (QED) is 0.487. The second-order valence-electron chi connectivity index (χ2n) is 6.32. The van der Waals surface area contributed by atoms with E-state index in [9.17, 15) is 4.79 Å². The zero-order valence-corrected chi connectivity index (χ0v) is 16.6. The standard InChI is InChI=1S/C20H23N2O.ClHO4/c1-3-4-14-21-16(2)22(15-17-10-6-5-7-11-17)19-13-9-8-12-18(19)20(21)23;2-1(3,4)5/h5-13H,3-4,14-15H2,1-2H3;(H,2,3,4,5)/q+1;/p-1. The van der Waals surface area contributed by atoms with Crippen molar-refractivity contribution in [3.8, 4) is 0 Å². The molecule has 0 spiro atoms. The third-order valence-electron chi connectivity index (χ3n) is 4.37. The molecule has 7 nitrogen and oxygen atoms in total. The Kier molecular flexibility index (Phi) is 7.68. The van der Waals surface area contributed by atoms with Gasteiger partial charge in [0.1, 0.15) is 17.4 Å². The van der Waals surface area contributed by atoms with Crippen LogP contribution in [0.1, 0.15) is 31.2 Å². The van der Waals surface area contributed by atoms with E-state index in [1.165, 1.54) is 5.56 Å². The Morgan fingerprint density at radius 2 is 1.54 bits per heavy atom. The molecule has 0 radical (unpaired) electrons. The monoisotopic (exact) mass is 406 g/mol. The molecule has 0 fully saturated rings. The molecule has 1 aromatic heterocycles. The van der Waals surface area contributed by atoms with Gasteiger partial charge in [0.15, 0.2) is 0 Å². The van der Waals surface area contributed by atoms with Crippen molar-refractivity contribution in [3.63, 3.8) is 0 Å². The summed E-state index contributed by atoms with van der Waals surface area (Å²) < 4.78 is 38.1. The van der Waals surface area contributed by atoms with Gasteiger partial charge in [-0.05, 0) is 24.1 Å². The molecule has 0 N–H and O–H groups in total. The van der Waals surface area contributed by atoms with Crippen LogP contribution in [0.3, 0.4) is 0 Å². The summed E-state index contributed by atoms with van der Waals surface area (Å²) in [6.45, 7) is 5.76. The minimum absolute atomic E-state index is 0.121. The molecule has 0 unspecified atom stereocenters. The van der Waals surface area contributed by atoms with Crippen LogP contribution < -0.4 is 28.8 Å². The predicted molar refractivity (Wildman–Crippen MR) is 93.6 cm³/mol. The van der Waals surface area contributed by atoms with Crippen LogP contribution in [0.4, 0.5) is 0 Å². The number of aromatic nitrogens is 2. The summed E-state index contributed by atoms with van der Waals surface area (Å²) in [6.07, 6.45) is 2.10. The molecule has 3 aromatic rings. The second-order valence-corrected chi connectivity index (χ2v) is 7.08. The minimum Gasteiger partial charge on any atom is -0.241 e. The maximum absolute atomic E-state index is 12.8. The summed E-state index contributed by atoms with van der Waals surface area (Å²) in [6, 6.07) is 18.3. The fraction of sp³-hybridized carbons (Fsp3) is 0.300. The van der Waals surface area contributed by atoms with Crippen molar-refractivity contribution in [2.24, 2.45) is 0 Å². The number of rotatable bonds is 5. The van der Waals surface area contributed by atoms with Crippen molar-refractivity contribution in [2.45, 2.75) is 39.8 Å². The van der Waals surface area contributed by atoms with E-state index in [4.69, 9.17) is 18.6 Å². The predicted octanol–water partition coefficient (Wildman–Crippen LogP) is -1.31. The molecule has 0 amide bonds. The molecule has 0 saturated carbocycles. The molecule has 0 atom stereocenters. The molecule has 2 aromatic carbocycles. The van der Waals surface area contributed by atoms with Crippen LogP contribution in [0.25, 0.3) is 10.9 Å². The highest BCUT2D eigenvalue weighted by molar-refractivity contribution is 5.74. The number of halogens is 1. The zero-order chi connectivity index (χ0) is 20.7. The van der Waals surface area contributed by atoms with Crippen LogP contribution in [-0.2, 0) is 13.1 Å². The average Bonchev–Trinajstić information content (AvgIpc) is 2.65. The molecule has 0 bridgehead atoms. The van der Waals surface area contributed by atoms with Crippen LogP contribution >= 0.6 is 0 Å². The van der Waals surface area contributed by atoms with Gasteiger partial charge in [0, 0.05) is 6.92 Å². The smallest absolute Gasteiger partial charge is 0.241 e. The van der Waals surface area contributed by atoms with Crippen molar-refractivity contribution < 1.29 is 33.4 Å². The van der Waals surface area contributed by atoms with E-state index in [0.717, 1.165) is 42.7 Å². The lowest BCUT2D eigenvalue weighted by Crippen LogP contribution is -2.68. The Bertz CT molecular complexity index is 962. The van der Waals surface area contributed by atoms with Gasteiger partial charge in [0.2, 0.25) is 0 Å². The molecule has 0 aliphatic heterocycles. The van der Waals surface area contributed by atoms with E-state index in [1.54, 1.807) is 0 Å². The van der Waals surface area contributed by atoms with E-state index < -0.39 is 10.2 Å². The van der Waals surface area contributed by atoms with Gasteiger partial charge >= 0.3 is 5.56 Å². The minimum atomic E-state index is -4.94. The number of benzene rings is 2. The van der Waals surface area contributed by atoms with Gasteiger partial charge in [-0.15, -0.1) is 10.2 Å². The van der Waals surface area contributed by atoms with Crippen LogP contribution in [0.5, 0.6) is 0 Å². The number of hydrogen-bond acceptors (Lipinski definition) is 5. The number of fused-ring (bicyclic) bond motifs is 1. The summed E-state index contributed by atoms with van der Waals surface area (Å²) in [5.41, 5.74) is 2.37. The Hall–Kier alpha value is -2.29. The Morgan fingerprint density at radius 3 is 2.14 bits per heavy atom. The molecule has 1 heterocycles. The fourth-order valence-corrected chi connectivity index (χ4v) is 3.05. The summed E-state index contributed by atoms with van der Waals surface area (Å²) in [7, 11) is -4.94. The first-order valence-electron chi connectivity index (χ1n) is 8.90. The molecule has 0 aliphatic rings. The topological polar surface area (TPSA) is 118 Å². The van der Waals surface area contributed by atoms with E-state index in [2.05, 4.69) is 35.8 Å². The molecular formula is C20H23ClN2O5. The third-order valence-corrected chi connectivity index (χ3v) is 4.37. The van der Waals surface area contributed by atoms with E-state index in [-0.39, 0.29) is 5.56 Å². The van der Waals surface area contributed by atoms with Gasteiger partial charge in [-0.1, -0.05) is 55.8 Å². The van der Waals surface area contributed by atoms with Gasteiger partial charge in [-0.2, -0.15) is 4.57 Å². The normalized spacial score (nSPS) is 11.2. The SMILES string of the molecule is CCCCn1c(C)[n+](Cc2ccccc2)c2ccccc2c1=O.[O-][Cl+3]([O-])([O-])[O-]. The lowest BCUT2D eigenvalue weighted by molar-refractivity contribution is -2.00. The first kappa shape index (κ1) is 22.0. The third kappa shape index (κ3) is 6.12. The highest BCUT2D eigenvalue weighted by Crippen LogP contribution is 2.09. The highest BCUT2D eigenvalue weighted by atomic mass is 35.7. The summed E-state index contributed by atoms with van der Waals surface area (Å²) in [5.74, 6) is 1.02. The van der Waals surface area contributed by atoms with Crippen molar-refractivity contribution in [1.82, 2.24) is 4.57 Å². The average molecular weight is 407 g/mol. The van der Waals surface area contributed by atoms with Crippen molar-refractivity contribution in [1.29, 1.82) is 0 Å². The highest BCUT2D eigenvalue weighted by Gasteiger charge is 2.19. The molecular weight excluding hydrogens is 384 g/mol. The number of nitrogens with zero attached hydrogens (tertiary/aromatic N) is 2. The van der Waals surface area contributed by atoms with Crippen LogP contribution in [0.2, 0.25) is 0 Å². The molecule has 8 heteroatoms. The first-order chi connectivity index (χ1) is 13.2.